The van der Waals surface area contributed by atoms with Gasteiger partial charge in [-0.25, -0.2) is 0 Å². The molecule has 1 aromatic rings. The number of carbonyl (C=O) groups is 2. The number of ketones is 1. The lowest BCUT2D eigenvalue weighted by Gasteiger charge is -2.30. The highest BCUT2D eigenvalue weighted by Crippen LogP contribution is 2.28. The van der Waals surface area contributed by atoms with Gasteiger partial charge in [0, 0.05) is 17.6 Å². The van der Waals surface area contributed by atoms with Crippen molar-refractivity contribution < 1.29 is 19.1 Å². The molecule has 1 rings (SSSR count). The number of amides is 1. The van der Waals surface area contributed by atoms with E-state index in [9.17, 15) is 9.59 Å². The maximum absolute atomic E-state index is 12.3. The van der Waals surface area contributed by atoms with Crippen molar-refractivity contribution in [1.29, 1.82) is 0 Å². The average molecular weight is 307 g/mol. The molecule has 122 valence electrons. The molecule has 1 amide bonds. The maximum Gasteiger partial charge on any atom is 0.260 e. The van der Waals surface area contributed by atoms with Gasteiger partial charge >= 0.3 is 0 Å². The second-order valence-corrected chi connectivity index (χ2v) is 5.70. The number of carbonyl (C=O) groups excluding carboxylic acids is 2. The van der Waals surface area contributed by atoms with Crippen LogP contribution in [0.2, 0.25) is 0 Å². The molecular formula is C17H25NO4. The Balaban J connectivity index is 2.83. The van der Waals surface area contributed by atoms with Crippen LogP contribution in [-0.2, 0) is 4.79 Å². The smallest absolute Gasteiger partial charge is 0.260 e. The van der Waals surface area contributed by atoms with Crippen LogP contribution >= 0.6 is 0 Å². The molecule has 0 spiro atoms. The van der Waals surface area contributed by atoms with Gasteiger partial charge in [0.2, 0.25) is 0 Å². The molecule has 1 aromatic carbocycles. The van der Waals surface area contributed by atoms with Crippen molar-refractivity contribution in [2.24, 2.45) is 0 Å². The van der Waals surface area contributed by atoms with Crippen LogP contribution < -0.4 is 9.47 Å². The van der Waals surface area contributed by atoms with Gasteiger partial charge in [-0.15, -0.1) is 0 Å². The van der Waals surface area contributed by atoms with Gasteiger partial charge in [0.05, 0.1) is 7.11 Å². The zero-order chi connectivity index (χ0) is 16.9. The van der Waals surface area contributed by atoms with Crippen LogP contribution in [-0.4, -0.2) is 42.4 Å². The first-order valence-electron chi connectivity index (χ1n) is 7.40. The Bertz CT molecular complexity index is 529. The third-order valence-electron chi connectivity index (χ3n) is 3.32. The van der Waals surface area contributed by atoms with Crippen molar-refractivity contribution in [2.45, 2.75) is 46.7 Å². The van der Waals surface area contributed by atoms with Gasteiger partial charge < -0.3 is 14.4 Å². The summed E-state index contributed by atoms with van der Waals surface area (Å²) >= 11 is 0. The van der Waals surface area contributed by atoms with E-state index >= 15 is 0 Å². The van der Waals surface area contributed by atoms with Gasteiger partial charge in [-0.1, -0.05) is 0 Å². The Kier molecular flexibility index (Phi) is 6.40. The fraction of sp³-hybridized carbons (Fsp3) is 0.529. The summed E-state index contributed by atoms with van der Waals surface area (Å²) in [7, 11) is 1.50. The van der Waals surface area contributed by atoms with Crippen LogP contribution in [0, 0.1) is 0 Å². The molecule has 0 aliphatic heterocycles. The third-order valence-corrected chi connectivity index (χ3v) is 3.32. The van der Waals surface area contributed by atoms with Crippen molar-refractivity contribution in [3.05, 3.63) is 23.8 Å². The number of nitrogens with zero attached hydrogens (tertiary/aromatic N) is 1. The molecule has 0 N–H and O–H groups in total. The van der Waals surface area contributed by atoms with Gasteiger partial charge in [-0.2, -0.15) is 0 Å². The highest BCUT2D eigenvalue weighted by molar-refractivity contribution is 5.94. The van der Waals surface area contributed by atoms with E-state index in [-0.39, 0.29) is 30.4 Å². The van der Waals surface area contributed by atoms with Crippen molar-refractivity contribution in [3.8, 4) is 11.5 Å². The predicted molar refractivity (Wildman–Crippen MR) is 85.6 cm³/mol. The Morgan fingerprint density at radius 2 is 1.68 bits per heavy atom. The van der Waals surface area contributed by atoms with Gasteiger partial charge in [0.25, 0.3) is 5.91 Å². The van der Waals surface area contributed by atoms with E-state index in [0.717, 1.165) is 0 Å². The minimum atomic E-state index is -0.0808. The highest BCUT2D eigenvalue weighted by Gasteiger charge is 2.21. The second kappa shape index (κ2) is 7.82. The number of Topliss-reactive ketones (excluding diaryl/α,β-unsaturated/α-hetero) is 1. The Hall–Kier alpha value is -2.04. The summed E-state index contributed by atoms with van der Waals surface area (Å²) in [4.78, 5) is 25.4. The van der Waals surface area contributed by atoms with Crippen molar-refractivity contribution in [2.75, 3.05) is 13.7 Å². The van der Waals surface area contributed by atoms with Gasteiger partial charge in [-0.05, 0) is 52.8 Å². The number of hydrogen-bond donors (Lipinski definition) is 0. The molecule has 0 bridgehead atoms. The first-order chi connectivity index (χ1) is 10.3. The van der Waals surface area contributed by atoms with Crippen LogP contribution in [0.25, 0.3) is 0 Å². The van der Waals surface area contributed by atoms with Crippen LogP contribution in [0.1, 0.15) is 45.0 Å². The number of benzene rings is 1. The summed E-state index contributed by atoms with van der Waals surface area (Å²) in [6.07, 6.45) is 0. The third kappa shape index (κ3) is 4.48. The Labute approximate surface area is 132 Å². The zero-order valence-electron chi connectivity index (χ0n) is 14.2. The molecule has 5 heteroatoms. The molecule has 0 saturated heterocycles. The minimum Gasteiger partial charge on any atom is -0.493 e. The van der Waals surface area contributed by atoms with Crippen LogP contribution in [0.3, 0.4) is 0 Å². The second-order valence-electron chi connectivity index (χ2n) is 5.70. The Morgan fingerprint density at radius 3 is 2.14 bits per heavy atom. The lowest BCUT2D eigenvalue weighted by atomic mass is 10.1. The topological polar surface area (TPSA) is 55.8 Å². The predicted octanol–water partition coefficient (Wildman–Crippen LogP) is 2.92. The summed E-state index contributed by atoms with van der Waals surface area (Å²) in [5.74, 6) is 0.767. The fourth-order valence-electron chi connectivity index (χ4n) is 2.39. The van der Waals surface area contributed by atoms with Crippen LogP contribution in [0.4, 0.5) is 0 Å². The lowest BCUT2D eigenvalue weighted by molar-refractivity contribution is -0.137. The molecule has 5 nitrogen and oxygen atoms in total. The SMILES string of the molecule is COc1cc(C(C)=O)ccc1OCC(=O)N(C(C)C)C(C)C. The molecular weight excluding hydrogens is 282 g/mol. The zero-order valence-corrected chi connectivity index (χ0v) is 14.2. The van der Waals surface area contributed by atoms with Crippen molar-refractivity contribution in [1.82, 2.24) is 4.90 Å². The van der Waals surface area contributed by atoms with Crippen molar-refractivity contribution in [3.63, 3.8) is 0 Å². The molecule has 0 aliphatic rings. The standard InChI is InChI=1S/C17H25NO4/c1-11(2)18(12(3)4)17(20)10-22-15-8-7-14(13(5)19)9-16(15)21-6/h7-9,11-12H,10H2,1-6H3. The van der Waals surface area contributed by atoms with E-state index in [1.54, 1.807) is 23.1 Å². The lowest BCUT2D eigenvalue weighted by Crippen LogP contribution is -2.44. The van der Waals surface area contributed by atoms with E-state index < -0.39 is 0 Å². The summed E-state index contributed by atoms with van der Waals surface area (Å²) in [6, 6.07) is 5.15. The number of methoxy groups -OCH3 is 1. The monoisotopic (exact) mass is 307 g/mol. The summed E-state index contributed by atoms with van der Waals surface area (Å²) in [5.41, 5.74) is 0.543. The van der Waals surface area contributed by atoms with Crippen LogP contribution in [0.5, 0.6) is 11.5 Å². The molecule has 0 atom stereocenters. The number of ether oxygens (including phenoxy) is 2. The average Bonchev–Trinajstić information content (AvgIpc) is 2.43. The molecule has 0 aromatic heterocycles. The molecule has 0 fully saturated rings. The molecule has 22 heavy (non-hydrogen) atoms. The first-order valence-corrected chi connectivity index (χ1v) is 7.40. The Morgan fingerprint density at radius 1 is 1.09 bits per heavy atom. The van der Waals surface area contributed by atoms with E-state index in [1.807, 2.05) is 27.7 Å². The summed E-state index contributed by atoms with van der Waals surface area (Å²) < 4.78 is 10.8. The summed E-state index contributed by atoms with van der Waals surface area (Å²) in [6.45, 7) is 9.31. The normalized spacial score (nSPS) is 10.7. The van der Waals surface area contributed by atoms with Crippen LogP contribution in [0.15, 0.2) is 18.2 Å². The van der Waals surface area contributed by atoms with E-state index in [4.69, 9.17) is 9.47 Å². The van der Waals surface area contributed by atoms with Gasteiger partial charge in [-0.3, -0.25) is 9.59 Å². The van der Waals surface area contributed by atoms with E-state index in [1.165, 1.54) is 14.0 Å². The van der Waals surface area contributed by atoms with Gasteiger partial charge in [0.1, 0.15) is 0 Å². The van der Waals surface area contributed by atoms with Crippen molar-refractivity contribution >= 4 is 11.7 Å². The van der Waals surface area contributed by atoms with E-state index in [2.05, 4.69) is 0 Å². The fourth-order valence-corrected chi connectivity index (χ4v) is 2.39. The number of hydrogen-bond acceptors (Lipinski definition) is 4. The minimum absolute atomic E-state index is 0.0493. The quantitative estimate of drug-likeness (QED) is 0.727. The highest BCUT2D eigenvalue weighted by atomic mass is 16.5. The van der Waals surface area contributed by atoms with E-state index in [0.29, 0.717) is 17.1 Å². The molecule has 0 saturated carbocycles. The molecule has 0 aliphatic carbocycles. The largest absolute Gasteiger partial charge is 0.493 e. The summed E-state index contributed by atoms with van der Waals surface area (Å²) in [5, 5.41) is 0. The van der Waals surface area contributed by atoms with Gasteiger partial charge in [0.15, 0.2) is 23.9 Å². The maximum atomic E-state index is 12.3. The molecule has 0 heterocycles. The molecule has 0 unspecified atom stereocenters. The number of rotatable bonds is 7. The molecule has 0 radical (unpaired) electrons. The first kappa shape index (κ1) is 18.0.